The molecule has 0 radical (unpaired) electrons. The van der Waals surface area contributed by atoms with Crippen LogP contribution in [0.15, 0.2) is 126 Å². The molecule has 0 aromatic heterocycles. The fraction of sp³-hybridized carbons (Fsp3) is 0.242. The van der Waals surface area contributed by atoms with Crippen molar-refractivity contribution in [3.63, 3.8) is 0 Å². The van der Waals surface area contributed by atoms with Crippen LogP contribution < -0.4 is 15.9 Å². The normalized spacial score (nSPS) is 19.6. The van der Waals surface area contributed by atoms with Gasteiger partial charge in [0.15, 0.2) is 0 Å². The minimum absolute atomic E-state index is 0.164. The summed E-state index contributed by atoms with van der Waals surface area (Å²) in [4.78, 5) is 12.5. The molecule has 1 aliphatic rings. The van der Waals surface area contributed by atoms with Gasteiger partial charge in [-0.05, 0) is 0 Å². The zero-order valence-corrected chi connectivity index (χ0v) is 24.5. The van der Waals surface area contributed by atoms with Crippen LogP contribution in [0.1, 0.15) is 34.1 Å². The van der Waals surface area contributed by atoms with Gasteiger partial charge in [0, 0.05) is 0 Å². The van der Waals surface area contributed by atoms with Gasteiger partial charge in [0.25, 0.3) is 0 Å². The number of rotatable bonds is 7. The van der Waals surface area contributed by atoms with Crippen LogP contribution in [0.4, 0.5) is 0 Å². The number of benzene rings is 3. The predicted octanol–water partition coefficient (Wildman–Crippen LogP) is 7.01. The van der Waals surface area contributed by atoms with Gasteiger partial charge < -0.3 is 0 Å². The molecule has 1 atom stereocenters. The Labute approximate surface area is 229 Å². The summed E-state index contributed by atoms with van der Waals surface area (Å²) in [7, 11) is 0. The molecule has 0 spiro atoms. The van der Waals surface area contributed by atoms with Crippen molar-refractivity contribution in [2.75, 3.05) is 6.16 Å². The zero-order valence-electron chi connectivity index (χ0n) is 22.1. The second kappa shape index (κ2) is 10.7. The van der Waals surface area contributed by atoms with Gasteiger partial charge in [-0.2, -0.15) is 0 Å². The SMILES string of the molecule is CC(C=CC1=C(C)C(=O)[C@@H](O)CC1(C)C)=CCP(Br)(c1ccccc1)(c1ccccc1)c1ccccc1. The quantitative estimate of drug-likeness (QED) is 0.243. The van der Waals surface area contributed by atoms with Crippen molar-refractivity contribution in [2.24, 2.45) is 5.41 Å². The first-order valence-electron chi connectivity index (χ1n) is 12.8. The van der Waals surface area contributed by atoms with E-state index in [2.05, 4.69) is 145 Å². The molecule has 0 amide bonds. The van der Waals surface area contributed by atoms with Crippen molar-refractivity contribution in [1.29, 1.82) is 0 Å². The molecule has 3 aromatic carbocycles. The Morgan fingerprint density at radius 2 is 1.35 bits per heavy atom. The number of hydrogen-bond donors (Lipinski definition) is 1. The Hall–Kier alpha value is -2.58. The van der Waals surface area contributed by atoms with Crippen molar-refractivity contribution < 1.29 is 9.90 Å². The first-order chi connectivity index (χ1) is 17.6. The number of allylic oxidation sites excluding steroid dienone is 5. The molecular formula is C33H36BrO2P. The molecule has 4 rings (SSSR count). The molecule has 1 N–H and O–H groups in total. The number of Topliss-reactive ketones (excluding diaryl/α,β-unsaturated/α-hetero) is 1. The summed E-state index contributed by atoms with van der Waals surface area (Å²) in [6.07, 6.45) is 6.84. The molecule has 0 saturated heterocycles. The molecule has 4 heteroatoms. The third kappa shape index (κ3) is 5.10. The first-order valence-corrected chi connectivity index (χ1v) is 17.2. The molecule has 0 saturated carbocycles. The van der Waals surface area contributed by atoms with Crippen LogP contribution in [0.5, 0.6) is 0 Å². The van der Waals surface area contributed by atoms with Crippen LogP contribution in [0.2, 0.25) is 0 Å². The van der Waals surface area contributed by atoms with Crippen molar-refractivity contribution in [3.8, 4) is 0 Å². The van der Waals surface area contributed by atoms with Crippen LogP contribution >= 0.6 is 20.8 Å². The Morgan fingerprint density at radius 1 is 0.919 bits per heavy atom. The molecule has 2 nitrogen and oxygen atoms in total. The van der Waals surface area contributed by atoms with E-state index >= 15 is 0 Å². The number of halogens is 1. The Kier molecular flexibility index (Phi) is 7.91. The number of hydrogen-bond acceptors (Lipinski definition) is 2. The number of aliphatic hydroxyl groups is 1. The van der Waals surface area contributed by atoms with Crippen molar-refractivity contribution in [1.82, 2.24) is 0 Å². The summed E-state index contributed by atoms with van der Waals surface area (Å²) in [5, 5.41) is 11.0. The summed E-state index contributed by atoms with van der Waals surface area (Å²) in [5.74, 6) is -0.164. The van der Waals surface area contributed by atoms with Gasteiger partial charge in [-0.25, -0.2) is 0 Å². The van der Waals surface area contributed by atoms with E-state index in [0.29, 0.717) is 12.0 Å². The Morgan fingerprint density at radius 3 is 1.78 bits per heavy atom. The van der Waals surface area contributed by atoms with Crippen molar-refractivity contribution >= 4 is 42.5 Å². The third-order valence-electron chi connectivity index (χ3n) is 7.66. The van der Waals surface area contributed by atoms with Crippen molar-refractivity contribution in [2.45, 2.75) is 40.2 Å². The van der Waals surface area contributed by atoms with Crippen LogP contribution in [-0.2, 0) is 4.79 Å². The summed E-state index contributed by atoms with van der Waals surface area (Å²) in [6.45, 7) is 8.14. The number of carbonyl (C=O) groups excluding carboxylic acids is 1. The van der Waals surface area contributed by atoms with Gasteiger partial charge in [-0.15, -0.1) is 0 Å². The summed E-state index contributed by atoms with van der Waals surface area (Å²) >= 11 is 4.50. The Bertz CT molecular complexity index is 1260. The van der Waals surface area contributed by atoms with E-state index in [0.717, 1.165) is 17.3 Å². The minimum atomic E-state index is -3.03. The van der Waals surface area contributed by atoms with Crippen LogP contribution in [0, 0.1) is 5.41 Å². The monoisotopic (exact) mass is 574 g/mol. The molecule has 0 bridgehead atoms. The van der Waals surface area contributed by atoms with Crippen LogP contribution in [0.25, 0.3) is 0 Å². The van der Waals surface area contributed by atoms with E-state index < -0.39 is 11.4 Å². The van der Waals surface area contributed by atoms with Gasteiger partial charge in [-0.3, -0.25) is 0 Å². The average Bonchev–Trinajstić information content (AvgIpc) is 2.91. The van der Waals surface area contributed by atoms with E-state index in [4.69, 9.17) is 0 Å². The standard InChI is InChI=1S/C33H36BrO2P/c1-25(20-21-30-26(2)32(36)31(35)24-33(30,3)4)22-23-37(34,27-14-8-5-9-15-27,28-16-10-6-11-17-28)29-18-12-7-13-19-29/h5-22,31,35H,23-24H2,1-4H3/t31-/m0/s1. The van der Waals surface area contributed by atoms with Gasteiger partial charge in [-0.1, -0.05) is 0 Å². The third-order valence-corrected chi connectivity index (χ3v) is 17.2. The molecule has 192 valence electrons. The fourth-order valence-corrected chi connectivity index (χ4v) is 12.6. The van der Waals surface area contributed by atoms with Gasteiger partial charge in [0.05, 0.1) is 0 Å². The molecule has 0 unspecified atom stereocenters. The Balaban J connectivity index is 1.83. The molecule has 0 fully saturated rings. The van der Waals surface area contributed by atoms with E-state index in [1.807, 2.05) is 6.92 Å². The topological polar surface area (TPSA) is 37.3 Å². The number of carbonyl (C=O) groups is 1. The molecule has 0 heterocycles. The molecule has 1 aliphatic carbocycles. The molecule has 0 aliphatic heterocycles. The molecule has 3 aromatic rings. The first kappa shape index (κ1) is 27.5. The van der Waals surface area contributed by atoms with Crippen LogP contribution in [0.3, 0.4) is 0 Å². The number of ketones is 1. The van der Waals surface area contributed by atoms with Gasteiger partial charge in [0.1, 0.15) is 0 Å². The van der Waals surface area contributed by atoms with E-state index in [1.54, 1.807) is 0 Å². The fourth-order valence-electron chi connectivity index (χ4n) is 5.50. The average molecular weight is 576 g/mol. The van der Waals surface area contributed by atoms with Crippen molar-refractivity contribution in [3.05, 3.63) is 126 Å². The number of aliphatic hydroxyl groups excluding tert-OH is 1. The summed E-state index contributed by atoms with van der Waals surface area (Å²) in [6, 6.07) is 32.3. The summed E-state index contributed by atoms with van der Waals surface area (Å²) < 4.78 is 0. The second-order valence-corrected chi connectivity index (χ2v) is 19.6. The summed E-state index contributed by atoms with van der Waals surface area (Å²) in [5.41, 5.74) is 2.53. The van der Waals surface area contributed by atoms with Crippen LogP contribution in [-0.4, -0.2) is 23.2 Å². The molecule has 37 heavy (non-hydrogen) atoms. The van der Waals surface area contributed by atoms with Gasteiger partial charge >= 0.3 is 230 Å². The predicted molar refractivity (Wildman–Crippen MR) is 164 cm³/mol. The molecular weight excluding hydrogens is 539 g/mol. The maximum atomic E-state index is 12.5. The zero-order chi connectivity index (χ0) is 26.7. The maximum absolute atomic E-state index is 12.5. The van der Waals surface area contributed by atoms with E-state index in [1.165, 1.54) is 15.9 Å². The van der Waals surface area contributed by atoms with E-state index in [-0.39, 0.29) is 11.2 Å². The second-order valence-electron chi connectivity index (χ2n) is 10.7. The van der Waals surface area contributed by atoms with Gasteiger partial charge in [0.2, 0.25) is 0 Å². The van der Waals surface area contributed by atoms with E-state index in [9.17, 15) is 9.90 Å².